The minimum atomic E-state index is 0. The molecule has 2 nitrogen and oxygen atoms in total. The van der Waals surface area contributed by atoms with Gasteiger partial charge in [0.2, 0.25) is 0 Å². The van der Waals surface area contributed by atoms with Crippen LogP contribution in [0.3, 0.4) is 0 Å². The number of rotatable bonds is 6. The van der Waals surface area contributed by atoms with Gasteiger partial charge in [0.25, 0.3) is 0 Å². The Kier molecular flexibility index (Phi) is 8.44. The first-order valence-corrected chi connectivity index (χ1v) is 5.68. The van der Waals surface area contributed by atoms with E-state index in [1.807, 2.05) is 24.3 Å². The highest BCUT2D eigenvalue weighted by molar-refractivity contribution is 6.17. The number of hydrogen-bond acceptors (Lipinski definition) is 2. The lowest BCUT2D eigenvalue weighted by atomic mass is 10.2. The molecular formula is C12H19Cl2NO. The summed E-state index contributed by atoms with van der Waals surface area (Å²) in [7, 11) is 4.13. The Morgan fingerprint density at radius 2 is 2.06 bits per heavy atom. The van der Waals surface area contributed by atoms with Crippen molar-refractivity contribution in [3.8, 4) is 5.75 Å². The summed E-state index contributed by atoms with van der Waals surface area (Å²) < 4.78 is 5.61. The standard InChI is InChI=1S/C12H18ClNO.ClH/c1-14(2)7-4-8-15-12-6-3-5-11(9-12)10-13;/h3,5-6,9H,4,7-8,10H2,1-2H3;1H. The van der Waals surface area contributed by atoms with Crippen LogP contribution in [0.5, 0.6) is 5.75 Å². The lowest BCUT2D eigenvalue weighted by Gasteiger charge is -2.10. The quantitative estimate of drug-likeness (QED) is 0.578. The van der Waals surface area contributed by atoms with Gasteiger partial charge in [0.05, 0.1) is 6.61 Å². The fourth-order valence-corrected chi connectivity index (χ4v) is 1.46. The van der Waals surface area contributed by atoms with Crippen LogP contribution >= 0.6 is 24.0 Å². The van der Waals surface area contributed by atoms with Crippen molar-refractivity contribution < 1.29 is 4.74 Å². The third-order valence-corrected chi connectivity index (χ3v) is 2.38. The van der Waals surface area contributed by atoms with E-state index < -0.39 is 0 Å². The van der Waals surface area contributed by atoms with Crippen molar-refractivity contribution in [2.45, 2.75) is 12.3 Å². The molecule has 0 saturated heterocycles. The van der Waals surface area contributed by atoms with Gasteiger partial charge in [0.1, 0.15) is 5.75 Å². The van der Waals surface area contributed by atoms with Crippen molar-refractivity contribution in [1.82, 2.24) is 4.90 Å². The molecule has 0 aliphatic carbocycles. The van der Waals surface area contributed by atoms with Crippen LogP contribution in [-0.2, 0) is 5.88 Å². The highest BCUT2D eigenvalue weighted by Gasteiger charge is 1.96. The predicted molar refractivity (Wildman–Crippen MR) is 71.9 cm³/mol. The molecule has 1 rings (SSSR count). The van der Waals surface area contributed by atoms with Gasteiger partial charge in [-0.3, -0.25) is 0 Å². The van der Waals surface area contributed by atoms with Crippen molar-refractivity contribution in [2.75, 3.05) is 27.2 Å². The van der Waals surface area contributed by atoms with E-state index in [4.69, 9.17) is 16.3 Å². The largest absolute Gasteiger partial charge is 0.494 e. The molecular weight excluding hydrogens is 245 g/mol. The van der Waals surface area contributed by atoms with Gasteiger partial charge in [-0.1, -0.05) is 12.1 Å². The number of hydrogen-bond donors (Lipinski definition) is 0. The Hall–Kier alpha value is -0.440. The van der Waals surface area contributed by atoms with Gasteiger partial charge in [-0.25, -0.2) is 0 Å². The summed E-state index contributed by atoms with van der Waals surface area (Å²) in [5.41, 5.74) is 1.10. The van der Waals surface area contributed by atoms with Crippen LogP contribution in [0.25, 0.3) is 0 Å². The van der Waals surface area contributed by atoms with Crippen molar-refractivity contribution in [2.24, 2.45) is 0 Å². The zero-order chi connectivity index (χ0) is 11.1. The van der Waals surface area contributed by atoms with E-state index in [2.05, 4.69) is 19.0 Å². The fraction of sp³-hybridized carbons (Fsp3) is 0.500. The molecule has 0 radical (unpaired) electrons. The van der Waals surface area contributed by atoms with Crippen molar-refractivity contribution >= 4 is 24.0 Å². The maximum Gasteiger partial charge on any atom is 0.119 e. The maximum atomic E-state index is 5.74. The average Bonchev–Trinajstić information content (AvgIpc) is 2.24. The Bertz CT molecular complexity index is 292. The minimum absolute atomic E-state index is 0. The summed E-state index contributed by atoms with van der Waals surface area (Å²) in [5.74, 6) is 1.45. The van der Waals surface area contributed by atoms with Crippen LogP contribution in [0.2, 0.25) is 0 Å². The lowest BCUT2D eigenvalue weighted by Crippen LogP contribution is -2.15. The molecule has 0 aliphatic heterocycles. The van der Waals surface area contributed by atoms with Gasteiger partial charge < -0.3 is 9.64 Å². The van der Waals surface area contributed by atoms with Crippen LogP contribution in [0.15, 0.2) is 24.3 Å². The smallest absolute Gasteiger partial charge is 0.119 e. The third-order valence-electron chi connectivity index (χ3n) is 2.07. The van der Waals surface area contributed by atoms with Crippen LogP contribution in [0, 0.1) is 0 Å². The Morgan fingerprint density at radius 1 is 1.31 bits per heavy atom. The number of ether oxygens (including phenoxy) is 1. The first-order chi connectivity index (χ1) is 7.22. The molecule has 1 aromatic rings. The zero-order valence-corrected chi connectivity index (χ0v) is 11.4. The normalized spacial score (nSPS) is 10.0. The van der Waals surface area contributed by atoms with Gasteiger partial charge in [-0.2, -0.15) is 0 Å². The van der Waals surface area contributed by atoms with Crippen LogP contribution in [0.4, 0.5) is 0 Å². The van der Waals surface area contributed by atoms with E-state index in [9.17, 15) is 0 Å². The second-order valence-electron chi connectivity index (χ2n) is 3.79. The van der Waals surface area contributed by atoms with Crippen molar-refractivity contribution in [1.29, 1.82) is 0 Å². The predicted octanol–water partition coefficient (Wildman–Crippen LogP) is 3.18. The molecule has 0 unspecified atom stereocenters. The number of alkyl halides is 1. The summed E-state index contributed by atoms with van der Waals surface area (Å²) in [6.07, 6.45) is 1.04. The molecule has 0 fully saturated rings. The molecule has 0 bridgehead atoms. The van der Waals surface area contributed by atoms with Gasteiger partial charge in [0.15, 0.2) is 0 Å². The number of nitrogens with zero attached hydrogens (tertiary/aromatic N) is 1. The van der Waals surface area contributed by atoms with E-state index in [1.54, 1.807) is 0 Å². The summed E-state index contributed by atoms with van der Waals surface area (Å²) >= 11 is 5.74. The fourth-order valence-electron chi connectivity index (χ4n) is 1.29. The molecule has 0 aromatic heterocycles. The molecule has 0 N–H and O–H groups in total. The van der Waals surface area contributed by atoms with Crippen LogP contribution < -0.4 is 4.74 Å². The monoisotopic (exact) mass is 263 g/mol. The second-order valence-corrected chi connectivity index (χ2v) is 4.05. The summed E-state index contributed by atoms with van der Waals surface area (Å²) in [6, 6.07) is 7.92. The highest BCUT2D eigenvalue weighted by Crippen LogP contribution is 2.14. The summed E-state index contributed by atoms with van der Waals surface area (Å²) in [4.78, 5) is 2.15. The first kappa shape index (κ1) is 15.6. The lowest BCUT2D eigenvalue weighted by molar-refractivity contribution is 0.281. The van der Waals surface area contributed by atoms with E-state index in [-0.39, 0.29) is 12.4 Å². The molecule has 92 valence electrons. The summed E-state index contributed by atoms with van der Waals surface area (Å²) in [6.45, 7) is 1.80. The molecule has 1 aromatic carbocycles. The van der Waals surface area contributed by atoms with Crippen LogP contribution in [0.1, 0.15) is 12.0 Å². The van der Waals surface area contributed by atoms with Crippen LogP contribution in [-0.4, -0.2) is 32.1 Å². The zero-order valence-electron chi connectivity index (χ0n) is 9.78. The Morgan fingerprint density at radius 3 is 2.69 bits per heavy atom. The van der Waals surface area contributed by atoms with E-state index in [0.29, 0.717) is 5.88 Å². The summed E-state index contributed by atoms with van der Waals surface area (Å²) in [5, 5.41) is 0. The van der Waals surface area contributed by atoms with Crippen molar-refractivity contribution in [3.63, 3.8) is 0 Å². The van der Waals surface area contributed by atoms with Crippen molar-refractivity contribution in [3.05, 3.63) is 29.8 Å². The van der Waals surface area contributed by atoms with Gasteiger partial charge in [0, 0.05) is 12.4 Å². The third kappa shape index (κ3) is 6.21. The number of benzene rings is 1. The molecule has 4 heteroatoms. The second kappa shape index (κ2) is 8.68. The highest BCUT2D eigenvalue weighted by atomic mass is 35.5. The van der Waals surface area contributed by atoms with Gasteiger partial charge in [-0.15, -0.1) is 24.0 Å². The molecule has 0 aliphatic rings. The molecule has 16 heavy (non-hydrogen) atoms. The number of halogens is 2. The van der Waals surface area contributed by atoms with E-state index >= 15 is 0 Å². The van der Waals surface area contributed by atoms with E-state index in [1.165, 1.54) is 0 Å². The Balaban J connectivity index is 0.00000225. The molecule has 0 spiro atoms. The molecule has 0 saturated carbocycles. The molecule has 0 heterocycles. The average molecular weight is 264 g/mol. The Labute approximate surface area is 109 Å². The molecule has 0 atom stereocenters. The van der Waals surface area contributed by atoms with Gasteiger partial charge in [-0.05, 0) is 38.2 Å². The first-order valence-electron chi connectivity index (χ1n) is 5.15. The molecule has 0 amide bonds. The van der Waals surface area contributed by atoms with Gasteiger partial charge >= 0.3 is 0 Å². The maximum absolute atomic E-state index is 5.74. The SMILES string of the molecule is CN(C)CCCOc1cccc(CCl)c1.Cl. The minimum Gasteiger partial charge on any atom is -0.494 e. The van der Waals surface area contributed by atoms with E-state index in [0.717, 1.165) is 30.9 Å². The topological polar surface area (TPSA) is 12.5 Å².